The van der Waals surface area contributed by atoms with Crippen molar-refractivity contribution in [2.45, 2.75) is 6.92 Å². The zero-order valence-corrected chi connectivity index (χ0v) is 15.0. The summed E-state index contributed by atoms with van der Waals surface area (Å²) < 4.78 is 11.6. The van der Waals surface area contributed by atoms with E-state index in [-0.39, 0.29) is 5.91 Å². The highest BCUT2D eigenvalue weighted by Crippen LogP contribution is 2.37. The van der Waals surface area contributed by atoms with Gasteiger partial charge in [-0.2, -0.15) is 0 Å². The van der Waals surface area contributed by atoms with Gasteiger partial charge >= 0.3 is 0 Å². The van der Waals surface area contributed by atoms with E-state index in [4.69, 9.17) is 21.1 Å². The van der Waals surface area contributed by atoms with Crippen molar-refractivity contribution in [2.24, 2.45) is 0 Å². The van der Waals surface area contributed by atoms with Gasteiger partial charge in [0, 0.05) is 10.8 Å². The number of rotatable bonds is 4. The Morgan fingerprint density at radius 2 is 1.83 bits per heavy atom. The molecule has 2 aromatic carbocycles. The summed E-state index contributed by atoms with van der Waals surface area (Å²) in [6.45, 7) is 1.95. The third-order valence-corrected chi connectivity index (χ3v) is 5.34. The lowest BCUT2D eigenvalue weighted by Crippen LogP contribution is -2.12. The summed E-state index contributed by atoms with van der Waals surface area (Å²) in [5.74, 6) is 0.793. The predicted octanol–water partition coefficient (Wildman–Crippen LogP) is 5.13. The second-order valence-corrected chi connectivity index (χ2v) is 6.65. The molecular formula is C18H16ClNO3S. The van der Waals surface area contributed by atoms with E-state index in [1.165, 1.54) is 25.6 Å². The summed E-state index contributed by atoms with van der Waals surface area (Å²) in [6, 6.07) is 11.2. The first kappa shape index (κ1) is 16.6. The van der Waals surface area contributed by atoms with Crippen molar-refractivity contribution in [3.8, 4) is 11.5 Å². The third-order valence-electron chi connectivity index (χ3n) is 3.77. The first-order valence-corrected chi connectivity index (χ1v) is 8.45. The lowest BCUT2D eigenvalue weighted by Gasteiger charge is -2.13. The minimum atomic E-state index is -0.187. The first-order valence-electron chi connectivity index (χ1n) is 7.26. The molecule has 0 aliphatic rings. The van der Waals surface area contributed by atoms with Crippen molar-refractivity contribution in [2.75, 3.05) is 19.5 Å². The number of hydrogen-bond acceptors (Lipinski definition) is 4. The zero-order chi connectivity index (χ0) is 17.3. The Bertz CT molecular complexity index is 920. The van der Waals surface area contributed by atoms with E-state index in [9.17, 15) is 4.79 Å². The van der Waals surface area contributed by atoms with Gasteiger partial charge in [-0.15, -0.1) is 11.3 Å². The van der Waals surface area contributed by atoms with Crippen LogP contribution in [0.25, 0.3) is 10.1 Å². The Hall–Kier alpha value is -2.24. The number of thiophene rings is 1. The summed E-state index contributed by atoms with van der Waals surface area (Å²) in [5.41, 5.74) is 1.47. The second-order valence-electron chi connectivity index (χ2n) is 5.19. The Morgan fingerprint density at radius 1 is 1.12 bits per heavy atom. The molecule has 1 aromatic heterocycles. The highest BCUT2D eigenvalue weighted by molar-refractivity contribution is 7.21. The van der Waals surface area contributed by atoms with Crippen LogP contribution in [0.4, 0.5) is 5.69 Å². The van der Waals surface area contributed by atoms with Crippen molar-refractivity contribution in [1.82, 2.24) is 0 Å². The standard InChI is InChI=1S/C18H16ClNO3S/c1-10-11-6-4-5-7-16(11)24-17(10)18(21)20-13-8-12(19)14(22-2)9-15(13)23-3/h4-9H,1-3H3,(H,20,21). The molecule has 0 unspecified atom stereocenters. The minimum absolute atomic E-state index is 0.187. The van der Waals surface area contributed by atoms with Crippen LogP contribution in [-0.2, 0) is 0 Å². The maximum absolute atomic E-state index is 12.7. The van der Waals surface area contributed by atoms with Gasteiger partial charge in [0.1, 0.15) is 11.5 Å². The SMILES string of the molecule is COc1cc(OC)c(NC(=O)c2sc3ccccc3c2C)cc1Cl. The average Bonchev–Trinajstić information content (AvgIpc) is 2.92. The molecule has 0 aliphatic heterocycles. The van der Waals surface area contributed by atoms with Crippen LogP contribution in [0, 0.1) is 6.92 Å². The van der Waals surface area contributed by atoms with Gasteiger partial charge in [-0.05, 0) is 30.0 Å². The lowest BCUT2D eigenvalue weighted by molar-refractivity contribution is 0.102. The number of benzene rings is 2. The van der Waals surface area contributed by atoms with Crippen LogP contribution in [0.5, 0.6) is 11.5 Å². The molecule has 0 atom stereocenters. The molecule has 4 nitrogen and oxygen atoms in total. The predicted molar refractivity (Wildman–Crippen MR) is 99.1 cm³/mol. The van der Waals surface area contributed by atoms with Crippen LogP contribution in [0.2, 0.25) is 5.02 Å². The molecule has 6 heteroatoms. The molecule has 0 saturated heterocycles. The molecule has 0 bridgehead atoms. The van der Waals surface area contributed by atoms with Crippen LogP contribution >= 0.6 is 22.9 Å². The largest absolute Gasteiger partial charge is 0.495 e. The first-order chi connectivity index (χ1) is 11.5. The van der Waals surface area contributed by atoms with Gasteiger partial charge in [0.2, 0.25) is 0 Å². The molecule has 0 spiro atoms. The molecule has 1 amide bonds. The van der Waals surface area contributed by atoms with E-state index in [0.29, 0.717) is 27.1 Å². The molecular weight excluding hydrogens is 346 g/mol. The van der Waals surface area contributed by atoms with Gasteiger partial charge in [-0.3, -0.25) is 4.79 Å². The molecule has 1 N–H and O–H groups in total. The number of anilines is 1. The number of nitrogens with one attached hydrogen (secondary N) is 1. The molecule has 0 radical (unpaired) electrons. The quantitative estimate of drug-likeness (QED) is 0.700. The van der Waals surface area contributed by atoms with Gasteiger partial charge in [0.15, 0.2) is 0 Å². The van der Waals surface area contributed by atoms with E-state index in [1.807, 2.05) is 31.2 Å². The Kier molecular flexibility index (Phi) is 4.64. The van der Waals surface area contributed by atoms with E-state index >= 15 is 0 Å². The van der Waals surface area contributed by atoms with Crippen molar-refractivity contribution in [1.29, 1.82) is 0 Å². The molecule has 124 valence electrons. The Morgan fingerprint density at radius 3 is 2.50 bits per heavy atom. The number of methoxy groups -OCH3 is 2. The Balaban J connectivity index is 1.97. The summed E-state index contributed by atoms with van der Waals surface area (Å²) >= 11 is 7.62. The number of carbonyl (C=O) groups is 1. The van der Waals surface area contributed by atoms with Crippen molar-refractivity contribution < 1.29 is 14.3 Å². The van der Waals surface area contributed by atoms with Crippen molar-refractivity contribution in [3.05, 3.63) is 51.9 Å². The minimum Gasteiger partial charge on any atom is -0.495 e. The maximum Gasteiger partial charge on any atom is 0.266 e. The van der Waals surface area contributed by atoms with Gasteiger partial charge in [0.05, 0.1) is 29.8 Å². The van der Waals surface area contributed by atoms with E-state index in [0.717, 1.165) is 15.6 Å². The van der Waals surface area contributed by atoms with E-state index < -0.39 is 0 Å². The number of ether oxygens (including phenoxy) is 2. The van der Waals surface area contributed by atoms with Crippen molar-refractivity contribution >= 4 is 44.6 Å². The number of carbonyl (C=O) groups excluding carboxylic acids is 1. The number of hydrogen-bond donors (Lipinski definition) is 1. The monoisotopic (exact) mass is 361 g/mol. The highest BCUT2D eigenvalue weighted by Gasteiger charge is 2.18. The lowest BCUT2D eigenvalue weighted by atomic mass is 10.1. The smallest absolute Gasteiger partial charge is 0.266 e. The fourth-order valence-corrected chi connectivity index (χ4v) is 3.87. The maximum atomic E-state index is 12.7. The van der Waals surface area contributed by atoms with Crippen LogP contribution < -0.4 is 14.8 Å². The molecule has 24 heavy (non-hydrogen) atoms. The summed E-state index contributed by atoms with van der Waals surface area (Å²) in [6.07, 6.45) is 0. The number of halogens is 1. The topological polar surface area (TPSA) is 47.6 Å². The summed E-state index contributed by atoms with van der Waals surface area (Å²) in [4.78, 5) is 13.4. The average molecular weight is 362 g/mol. The van der Waals surface area contributed by atoms with Gasteiger partial charge in [-0.1, -0.05) is 29.8 Å². The summed E-state index contributed by atoms with van der Waals surface area (Å²) in [7, 11) is 3.06. The zero-order valence-electron chi connectivity index (χ0n) is 13.5. The van der Waals surface area contributed by atoms with Gasteiger partial charge < -0.3 is 14.8 Å². The molecule has 3 aromatic rings. The fourth-order valence-electron chi connectivity index (χ4n) is 2.53. The van der Waals surface area contributed by atoms with Gasteiger partial charge in [0.25, 0.3) is 5.91 Å². The third kappa shape index (κ3) is 2.92. The van der Waals surface area contributed by atoms with E-state index in [1.54, 1.807) is 12.1 Å². The summed E-state index contributed by atoms with van der Waals surface area (Å²) in [5, 5.41) is 4.37. The van der Waals surface area contributed by atoms with E-state index in [2.05, 4.69) is 5.32 Å². The number of amides is 1. The van der Waals surface area contributed by atoms with Crippen molar-refractivity contribution in [3.63, 3.8) is 0 Å². The van der Waals surface area contributed by atoms with Crippen LogP contribution in [-0.4, -0.2) is 20.1 Å². The molecule has 1 heterocycles. The van der Waals surface area contributed by atoms with Crippen LogP contribution in [0.3, 0.4) is 0 Å². The number of fused-ring (bicyclic) bond motifs is 1. The Labute approximate surface area is 149 Å². The normalized spacial score (nSPS) is 10.7. The number of aryl methyl sites for hydroxylation is 1. The molecule has 0 fully saturated rings. The van der Waals surface area contributed by atoms with Crippen LogP contribution in [0.15, 0.2) is 36.4 Å². The molecule has 0 saturated carbocycles. The second kappa shape index (κ2) is 6.71. The van der Waals surface area contributed by atoms with Gasteiger partial charge in [-0.25, -0.2) is 0 Å². The fraction of sp³-hybridized carbons (Fsp3) is 0.167. The molecule has 3 rings (SSSR count). The molecule has 0 aliphatic carbocycles. The highest BCUT2D eigenvalue weighted by atomic mass is 35.5. The van der Waals surface area contributed by atoms with Crippen LogP contribution in [0.1, 0.15) is 15.2 Å².